The second-order valence-corrected chi connectivity index (χ2v) is 5.53. The fraction of sp³-hybridized carbons (Fsp3) is 0.353. The number of ether oxygens (including phenoxy) is 2. The summed E-state index contributed by atoms with van der Waals surface area (Å²) in [7, 11) is 0. The molecule has 0 radical (unpaired) electrons. The first-order valence-electron chi connectivity index (χ1n) is 7.92. The predicted octanol–water partition coefficient (Wildman–Crippen LogP) is 1.08. The van der Waals surface area contributed by atoms with Gasteiger partial charge in [-0.15, -0.1) is 0 Å². The summed E-state index contributed by atoms with van der Waals surface area (Å²) >= 11 is 0. The largest absolute Gasteiger partial charge is 0.487 e. The van der Waals surface area contributed by atoms with Gasteiger partial charge in [0.2, 0.25) is 5.95 Å². The molecule has 1 fully saturated rings. The lowest BCUT2D eigenvalue weighted by molar-refractivity contribution is 0.0692. The predicted molar refractivity (Wildman–Crippen MR) is 88.7 cm³/mol. The number of morpholine rings is 1. The molecule has 0 aliphatic carbocycles. The summed E-state index contributed by atoms with van der Waals surface area (Å²) in [6.45, 7) is 2.48. The van der Waals surface area contributed by atoms with Crippen LogP contribution in [-0.2, 0) is 18.0 Å². The van der Waals surface area contributed by atoms with Crippen molar-refractivity contribution < 1.29 is 24.5 Å². The fourth-order valence-electron chi connectivity index (χ4n) is 2.45. The highest BCUT2D eigenvalue weighted by molar-refractivity contribution is 5.88. The van der Waals surface area contributed by atoms with Crippen LogP contribution in [0.1, 0.15) is 21.6 Å². The summed E-state index contributed by atoms with van der Waals surface area (Å²) in [5, 5.41) is 18.4. The maximum absolute atomic E-state index is 11.4. The zero-order valence-corrected chi connectivity index (χ0v) is 13.6. The number of carboxylic acid groups (broad SMARTS) is 1. The first kappa shape index (κ1) is 17.1. The maximum atomic E-state index is 11.4. The van der Waals surface area contributed by atoms with Gasteiger partial charge in [0, 0.05) is 19.3 Å². The summed E-state index contributed by atoms with van der Waals surface area (Å²) in [5.41, 5.74) is 1.11. The minimum Gasteiger partial charge on any atom is -0.487 e. The Balaban J connectivity index is 1.77. The number of hydrogen-bond donors (Lipinski definition) is 2. The number of hydrogen-bond acceptors (Lipinski definition) is 7. The molecule has 1 aliphatic rings. The van der Waals surface area contributed by atoms with Gasteiger partial charge in [-0.05, 0) is 17.7 Å². The van der Waals surface area contributed by atoms with Crippen molar-refractivity contribution in [2.24, 2.45) is 0 Å². The van der Waals surface area contributed by atoms with Crippen LogP contribution in [-0.4, -0.2) is 52.5 Å². The first-order chi connectivity index (χ1) is 12.2. The van der Waals surface area contributed by atoms with Gasteiger partial charge in [-0.3, -0.25) is 0 Å². The Morgan fingerprint density at radius 3 is 2.60 bits per heavy atom. The van der Waals surface area contributed by atoms with Crippen molar-refractivity contribution >= 4 is 11.9 Å². The van der Waals surface area contributed by atoms with E-state index in [4.69, 9.17) is 14.6 Å². The average molecular weight is 345 g/mol. The van der Waals surface area contributed by atoms with Crippen LogP contribution in [0.25, 0.3) is 0 Å². The number of nitrogens with zero attached hydrogens (tertiary/aromatic N) is 3. The van der Waals surface area contributed by atoms with Gasteiger partial charge in [0.05, 0.1) is 25.5 Å². The topological polar surface area (TPSA) is 105 Å². The number of anilines is 1. The minimum atomic E-state index is -1.09. The number of benzene rings is 1. The Bertz CT molecular complexity index is 730. The third kappa shape index (κ3) is 4.23. The summed E-state index contributed by atoms with van der Waals surface area (Å²) < 4.78 is 11.0. The quantitative estimate of drug-likeness (QED) is 0.801. The van der Waals surface area contributed by atoms with E-state index in [1.165, 1.54) is 6.20 Å². The Kier molecular flexibility index (Phi) is 5.42. The van der Waals surface area contributed by atoms with Gasteiger partial charge in [0.25, 0.3) is 0 Å². The molecule has 2 aromatic rings. The molecule has 1 aromatic carbocycles. The normalized spacial score (nSPS) is 14.4. The Morgan fingerprint density at radius 1 is 1.24 bits per heavy atom. The van der Waals surface area contributed by atoms with E-state index in [1.807, 2.05) is 4.90 Å². The molecular formula is C17H19N3O5. The summed E-state index contributed by atoms with van der Waals surface area (Å²) in [4.78, 5) is 21.9. The third-order valence-corrected chi connectivity index (χ3v) is 3.86. The number of rotatable bonds is 6. The van der Waals surface area contributed by atoms with Crippen LogP contribution in [0.4, 0.5) is 5.95 Å². The van der Waals surface area contributed by atoms with Gasteiger partial charge >= 0.3 is 5.97 Å². The van der Waals surface area contributed by atoms with E-state index in [1.54, 1.807) is 24.3 Å². The monoisotopic (exact) mass is 345 g/mol. The molecule has 2 N–H and O–H groups in total. The fourth-order valence-corrected chi connectivity index (χ4v) is 2.45. The molecule has 1 aliphatic heterocycles. The summed E-state index contributed by atoms with van der Waals surface area (Å²) in [6.07, 6.45) is 1.31. The van der Waals surface area contributed by atoms with Crippen LogP contribution in [0.5, 0.6) is 5.75 Å². The minimum absolute atomic E-state index is 0.0139. The van der Waals surface area contributed by atoms with E-state index in [9.17, 15) is 9.90 Å². The Morgan fingerprint density at radius 2 is 1.96 bits per heavy atom. The van der Waals surface area contributed by atoms with Crippen LogP contribution in [0.3, 0.4) is 0 Å². The molecule has 132 valence electrons. The molecule has 1 saturated heterocycles. The number of aromatic nitrogens is 2. The number of aromatic carboxylic acids is 1. The van der Waals surface area contributed by atoms with Gasteiger partial charge in [0.15, 0.2) is 0 Å². The van der Waals surface area contributed by atoms with Crippen LogP contribution < -0.4 is 9.64 Å². The van der Waals surface area contributed by atoms with Gasteiger partial charge in [-0.2, -0.15) is 0 Å². The lowest BCUT2D eigenvalue weighted by atomic mass is 10.2. The van der Waals surface area contributed by atoms with E-state index in [-0.39, 0.29) is 18.8 Å². The van der Waals surface area contributed by atoms with E-state index in [2.05, 4.69) is 9.97 Å². The van der Waals surface area contributed by atoms with Gasteiger partial charge in [0.1, 0.15) is 17.9 Å². The number of carbonyl (C=O) groups is 1. The highest BCUT2D eigenvalue weighted by Crippen LogP contribution is 2.17. The standard InChI is InChI=1S/C17H19N3O5/c21-10-12-1-3-13(4-2-12)25-11-15-14(16(22)23)9-18-17(19-15)20-5-7-24-8-6-20/h1-4,9,21H,5-8,10-11H2,(H,22,23). The van der Waals surface area contributed by atoms with Crippen molar-refractivity contribution in [3.8, 4) is 5.75 Å². The third-order valence-electron chi connectivity index (χ3n) is 3.86. The zero-order chi connectivity index (χ0) is 17.6. The molecule has 25 heavy (non-hydrogen) atoms. The lowest BCUT2D eigenvalue weighted by Crippen LogP contribution is -2.37. The van der Waals surface area contributed by atoms with Crippen molar-refractivity contribution in [2.45, 2.75) is 13.2 Å². The number of aliphatic hydroxyl groups excluding tert-OH is 1. The Labute approximate surface area is 144 Å². The second-order valence-electron chi connectivity index (χ2n) is 5.53. The van der Waals surface area contributed by atoms with Crippen LogP contribution in [0.15, 0.2) is 30.5 Å². The molecule has 8 nitrogen and oxygen atoms in total. The molecule has 1 aromatic heterocycles. The number of aliphatic hydroxyl groups is 1. The molecular weight excluding hydrogens is 326 g/mol. The van der Waals surface area contributed by atoms with Crippen molar-refractivity contribution in [1.29, 1.82) is 0 Å². The summed E-state index contributed by atoms with van der Waals surface area (Å²) in [6, 6.07) is 6.92. The van der Waals surface area contributed by atoms with Gasteiger partial charge in [-0.1, -0.05) is 12.1 Å². The van der Waals surface area contributed by atoms with E-state index in [0.29, 0.717) is 43.7 Å². The van der Waals surface area contributed by atoms with Crippen molar-refractivity contribution in [3.63, 3.8) is 0 Å². The zero-order valence-electron chi connectivity index (χ0n) is 13.6. The van der Waals surface area contributed by atoms with Crippen molar-refractivity contribution in [2.75, 3.05) is 31.2 Å². The molecule has 0 unspecified atom stereocenters. The molecule has 0 spiro atoms. The second kappa shape index (κ2) is 7.91. The molecule has 3 rings (SSSR count). The number of carboxylic acids is 1. The van der Waals surface area contributed by atoms with E-state index in [0.717, 1.165) is 5.56 Å². The van der Waals surface area contributed by atoms with Crippen LogP contribution in [0.2, 0.25) is 0 Å². The van der Waals surface area contributed by atoms with Crippen LogP contribution in [0, 0.1) is 0 Å². The molecule has 8 heteroatoms. The smallest absolute Gasteiger partial charge is 0.339 e. The first-order valence-corrected chi connectivity index (χ1v) is 7.92. The maximum Gasteiger partial charge on any atom is 0.339 e. The molecule has 2 heterocycles. The van der Waals surface area contributed by atoms with Crippen molar-refractivity contribution in [1.82, 2.24) is 9.97 Å². The average Bonchev–Trinajstić information content (AvgIpc) is 2.67. The van der Waals surface area contributed by atoms with Gasteiger partial charge in [-0.25, -0.2) is 14.8 Å². The molecule has 0 atom stereocenters. The highest BCUT2D eigenvalue weighted by atomic mass is 16.5. The highest BCUT2D eigenvalue weighted by Gasteiger charge is 2.19. The van der Waals surface area contributed by atoms with Crippen LogP contribution >= 0.6 is 0 Å². The van der Waals surface area contributed by atoms with E-state index < -0.39 is 5.97 Å². The van der Waals surface area contributed by atoms with Gasteiger partial charge < -0.3 is 24.6 Å². The molecule has 0 amide bonds. The Hall–Kier alpha value is -2.71. The van der Waals surface area contributed by atoms with E-state index >= 15 is 0 Å². The molecule has 0 saturated carbocycles. The lowest BCUT2D eigenvalue weighted by Gasteiger charge is -2.27. The SMILES string of the molecule is O=C(O)c1cnc(N2CCOCC2)nc1COc1ccc(CO)cc1. The van der Waals surface area contributed by atoms with Crippen molar-refractivity contribution in [3.05, 3.63) is 47.3 Å². The molecule has 0 bridgehead atoms. The summed E-state index contributed by atoms with van der Waals surface area (Å²) in [5.74, 6) is -0.0506.